The molecule has 0 bridgehead atoms. The predicted molar refractivity (Wildman–Crippen MR) is 42.8 cm³/mol. The molecule has 8 heavy (non-hydrogen) atoms. The fourth-order valence-electron chi connectivity index (χ4n) is 0.573. The van der Waals surface area contributed by atoms with Crippen molar-refractivity contribution in [2.24, 2.45) is 0 Å². The second-order valence-corrected chi connectivity index (χ2v) is 3.15. The Balaban J connectivity index is 2.53. The molecule has 2 heteroatoms. The maximum absolute atomic E-state index is 3.43. The summed E-state index contributed by atoms with van der Waals surface area (Å²) in [6.45, 7) is 0. The van der Waals surface area contributed by atoms with Gasteiger partial charge in [-0.25, -0.2) is 0 Å². The summed E-state index contributed by atoms with van der Waals surface area (Å²) >= 11 is 3.39. The molecule has 0 amide bonds. The van der Waals surface area contributed by atoms with Crippen molar-refractivity contribution >= 4 is 26.2 Å². The van der Waals surface area contributed by atoms with E-state index in [-0.39, 0.29) is 0 Å². The molecule has 0 aliphatic heterocycles. The molecule has 0 aromatic carbocycles. The third kappa shape index (κ3) is 6.70. The van der Waals surface area contributed by atoms with E-state index in [2.05, 4.69) is 26.2 Å². The first kappa shape index (κ1) is 8.70. The summed E-state index contributed by atoms with van der Waals surface area (Å²) in [5, 5.41) is 1.16. The van der Waals surface area contributed by atoms with Crippen molar-refractivity contribution in [3.63, 3.8) is 0 Å². The van der Waals surface area contributed by atoms with Gasteiger partial charge in [-0.1, -0.05) is 41.2 Å². The Hall–Kier alpha value is 0.697. The van der Waals surface area contributed by atoms with E-state index >= 15 is 0 Å². The molecule has 0 rings (SSSR count). The van der Waals surface area contributed by atoms with Crippen LogP contribution in [0.2, 0.25) is 6.04 Å². The highest BCUT2D eigenvalue weighted by Crippen LogP contribution is 2.02. The van der Waals surface area contributed by atoms with Crippen LogP contribution in [-0.4, -0.2) is 15.6 Å². The summed E-state index contributed by atoms with van der Waals surface area (Å²) in [4.78, 5) is 0. The van der Waals surface area contributed by atoms with E-state index in [1.807, 2.05) is 0 Å². The maximum Gasteiger partial charge on any atom is 0.0222 e. The highest BCUT2D eigenvalue weighted by atomic mass is 79.9. The molecule has 0 aromatic heterocycles. The van der Waals surface area contributed by atoms with Gasteiger partial charge < -0.3 is 0 Å². The van der Waals surface area contributed by atoms with Gasteiger partial charge in [0, 0.05) is 15.6 Å². The molecular weight excluding hydrogens is 180 g/mol. The fraction of sp³-hybridized carbons (Fsp3) is 1.00. The van der Waals surface area contributed by atoms with Gasteiger partial charge in [-0.05, 0) is 6.42 Å². The first-order valence-corrected chi connectivity index (χ1v) is 4.95. The highest BCUT2D eigenvalue weighted by Gasteiger charge is 1.84. The highest BCUT2D eigenvalue weighted by molar-refractivity contribution is 9.09. The lowest BCUT2D eigenvalue weighted by Crippen LogP contribution is -1.77. The van der Waals surface area contributed by atoms with Crippen LogP contribution in [0.3, 0.4) is 0 Å². The van der Waals surface area contributed by atoms with Crippen LogP contribution < -0.4 is 0 Å². The average molecular weight is 192 g/mol. The number of halogens is 1. The van der Waals surface area contributed by atoms with Crippen molar-refractivity contribution in [2.75, 3.05) is 5.33 Å². The summed E-state index contributed by atoms with van der Waals surface area (Å²) in [5.74, 6) is 0. The van der Waals surface area contributed by atoms with Gasteiger partial charge in [-0.2, -0.15) is 0 Å². The van der Waals surface area contributed by atoms with Crippen LogP contribution in [0.1, 0.15) is 25.7 Å². The number of hydrogen-bond acceptors (Lipinski definition) is 0. The average Bonchev–Trinajstić information content (AvgIpc) is 1.81. The largest absolute Gasteiger partial charge is 0.0928 e. The molecule has 3 radical (unpaired) electrons. The van der Waals surface area contributed by atoms with E-state index in [4.69, 9.17) is 0 Å². The lowest BCUT2D eigenvalue weighted by molar-refractivity contribution is 0.708. The van der Waals surface area contributed by atoms with Crippen molar-refractivity contribution in [3.05, 3.63) is 0 Å². The van der Waals surface area contributed by atoms with Crippen LogP contribution in [0.25, 0.3) is 0 Å². The minimum Gasteiger partial charge on any atom is -0.0928 e. The number of rotatable bonds is 5. The van der Waals surface area contributed by atoms with E-state index in [1.165, 1.54) is 25.7 Å². The van der Waals surface area contributed by atoms with Crippen molar-refractivity contribution < 1.29 is 0 Å². The fourth-order valence-corrected chi connectivity index (χ4v) is 1.22. The molecule has 0 nitrogen and oxygen atoms in total. The minimum atomic E-state index is 1.16. The van der Waals surface area contributed by atoms with Crippen molar-refractivity contribution in [2.45, 2.75) is 31.7 Å². The molecule has 0 atom stereocenters. The number of alkyl halides is 1. The Morgan fingerprint density at radius 3 is 2.12 bits per heavy atom. The zero-order valence-corrected chi connectivity index (χ0v) is 7.71. The van der Waals surface area contributed by atoms with Crippen LogP contribution in [0.4, 0.5) is 0 Å². The van der Waals surface area contributed by atoms with Gasteiger partial charge in [0.05, 0.1) is 0 Å². The molecule has 0 aliphatic rings. The molecule has 0 aliphatic carbocycles. The number of hydrogen-bond donors (Lipinski definition) is 0. The van der Waals surface area contributed by atoms with E-state index in [9.17, 15) is 0 Å². The van der Waals surface area contributed by atoms with Crippen LogP contribution in [0.15, 0.2) is 0 Å². The van der Waals surface area contributed by atoms with Gasteiger partial charge in [0.1, 0.15) is 0 Å². The van der Waals surface area contributed by atoms with Gasteiger partial charge in [0.15, 0.2) is 0 Å². The van der Waals surface area contributed by atoms with Gasteiger partial charge in [-0.3, -0.25) is 0 Å². The SMILES string of the molecule is [Si]CCCCCCBr. The zero-order valence-electron chi connectivity index (χ0n) is 5.12. The standard InChI is InChI=1S/C6H12BrSi/c7-5-3-1-2-4-6-8/h1-6H2. The Labute approximate surface area is 63.6 Å². The second-order valence-electron chi connectivity index (χ2n) is 1.85. The van der Waals surface area contributed by atoms with Crippen molar-refractivity contribution in [1.29, 1.82) is 0 Å². The van der Waals surface area contributed by atoms with E-state index < -0.39 is 0 Å². The first-order valence-electron chi connectivity index (χ1n) is 3.12. The van der Waals surface area contributed by atoms with Gasteiger partial charge in [0.2, 0.25) is 0 Å². The molecule has 0 heterocycles. The summed E-state index contributed by atoms with van der Waals surface area (Å²) in [6.07, 6.45) is 5.39. The molecule has 0 aromatic rings. The lowest BCUT2D eigenvalue weighted by Gasteiger charge is -1.93. The van der Waals surface area contributed by atoms with Gasteiger partial charge in [-0.15, -0.1) is 0 Å². The summed E-state index contributed by atoms with van der Waals surface area (Å²) in [5.41, 5.74) is 0. The van der Waals surface area contributed by atoms with Crippen LogP contribution in [0, 0.1) is 0 Å². The molecular formula is C6H12BrSi. The summed E-state index contributed by atoms with van der Waals surface area (Å²) in [6, 6.07) is 1.16. The topological polar surface area (TPSA) is 0 Å². The summed E-state index contributed by atoms with van der Waals surface area (Å²) in [7, 11) is 3.43. The Kier molecular flexibility index (Phi) is 8.37. The molecule has 0 unspecified atom stereocenters. The molecule has 0 saturated heterocycles. The van der Waals surface area contributed by atoms with Gasteiger partial charge >= 0.3 is 0 Å². The normalized spacial score (nSPS) is 9.75. The maximum atomic E-state index is 3.43. The van der Waals surface area contributed by atoms with Crippen LogP contribution >= 0.6 is 15.9 Å². The Morgan fingerprint density at radius 1 is 1.00 bits per heavy atom. The molecule has 0 fully saturated rings. The molecule has 0 spiro atoms. The van der Waals surface area contributed by atoms with E-state index in [0.29, 0.717) is 0 Å². The third-order valence-corrected chi connectivity index (χ3v) is 1.97. The first-order chi connectivity index (χ1) is 3.91. The predicted octanol–water partition coefficient (Wildman–Crippen LogP) is 2.53. The van der Waals surface area contributed by atoms with Gasteiger partial charge in [0.25, 0.3) is 0 Å². The smallest absolute Gasteiger partial charge is 0.0222 e. The molecule has 0 N–H and O–H groups in total. The lowest BCUT2D eigenvalue weighted by atomic mass is 10.2. The number of unbranched alkanes of at least 4 members (excludes halogenated alkanes) is 3. The second kappa shape index (κ2) is 7.70. The molecule has 47 valence electrons. The van der Waals surface area contributed by atoms with E-state index in [0.717, 1.165) is 11.4 Å². The summed E-state index contributed by atoms with van der Waals surface area (Å²) < 4.78 is 0. The minimum absolute atomic E-state index is 1.16. The van der Waals surface area contributed by atoms with Crippen molar-refractivity contribution in [3.8, 4) is 0 Å². The zero-order chi connectivity index (χ0) is 6.24. The third-order valence-electron chi connectivity index (χ3n) is 1.06. The van der Waals surface area contributed by atoms with E-state index in [1.54, 1.807) is 0 Å². The quantitative estimate of drug-likeness (QED) is 0.356. The monoisotopic (exact) mass is 191 g/mol. The Bertz CT molecular complexity index is 33.5. The van der Waals surface area contributed by atoms with Crippen molar-refractivity contribution in [1.82, 2.24) is 0 Å². The Morgan fingerprint density at radius 2 is 1.62 bits per heavy atom. The molecule has 0 saturated carbocycles. The van der Waals surface area contributed by atoms with Crippen LogP contribution in [0.5, 0.6) is 0 Å². The van der Waals surface area contributed by atoms with Crippen LogP contribution in [-0.2, 0) is 0 Å².